The summed E-state index contributed by atoms with van der Waals surface area (Å²) in [5, 5.41) is 14.3. The minimum Gasteiger partial charge on any atom is -0.444 e. The quantitative estimate of drug-likeness (QED) is 0.600. The fourth-order valence-electron chi connectivity index (χ4n) is 4.60. The summed E-state index contributed by atoms with van der Waals surface area (Å²) in [7, 11) is 0. The minimum atomic E-state index is -0.897. The number of amides is 1. The molecular formula is C27H38N2O3. The third-order valence-corrected chi connectivity index (χ3v) is 6.36. The smallest absolute Gasteiger partial charge is 0.407 e. The average Bonchev–Trinajstić information content (AvgIpc) is 3.13. The largest absolute Gasteiger partial charge is 0.444 e. The predicted octanol–water partition coefficient (Wildman–Crippen LogP) is 5.77. The summed E-state index contributed by atoms with van der Waals surface area (Å²) in [6, 6.07) is 11.5. The number of aliphatic hydroxyl groups excluding tert-OH is 1. The predicted molar refractivity (Wildman–Crippen MR) is 128 cm³/mol. The Morgan fingerprint density at radius 1 is 1.19 bits per heavy atom. The average molecular weight is 439 g/mol. The molecule has 1 aliphatic carbocycles. The van der Waals surface area contributed by atoms with Gasteiger partial charge in [0.2, 0.25) is 0 Å². The first-order valence-corrected chi connectivity index (χ1v) is 11.7. The Morgan fingerprint density at radius 3 is 2.50 bits per heavy atom. The van der Waals surface area contributed by atoms with E-state index in [4.69, 9.17) is 9.72 Å². The fourth-order valence-corrected chi connectivity index (χ4v) is 4.60. The number of ether oxygens (including phenoxy) is 1. The number of hydrogen-bond acceptors (Lipinski definition) is 4. The van der Waals surface area contributed by atoms with Gasteiger partial charge in [-0.05, 0) is 77.0 Å². The number of benzene rings is 1. The van der Waals surface area contributed by atoms with Gasteiger partial charge in [0.1, 0.15) is 11.7 Å². The fraction of sp³-hybridized carbons (Fsp3) is 0.556. The van der Waals surface area contributed by atoms with E-state index in [1.54, 1.807) is 0 Å². The summed E-state index contributed by atoms with van der Waals surface area (Å²) in [5.41, 5.74) is 4.26. The van der Waals surface area contributed by atoms with Gasteiger partial charge in [0.05, 0.1) is 6.04 Å². The molecule has 5 heteroatoms. The molecule has 2 N–H and O–H groups in total. The van der Waals surface area contributed by atoms with E-state index in [1.807, 2.05) is 71.0 Å². The lowest BCUT2D eigenvalue weighted by atomic mass is 9.92. The van der Waals surface area contributed by atoms with Crippen LogP contribution in [0.25, 0.3) is 0 Å². The van der Waals surface area contributed by atoms with Crippen LogP contribution in [0.3, 0.4) is 0 Å². The molecule has 0 bridgehead atoms. The van der Waals surface area contributed by atoms with Crippen molar-refractivity contribution < 1.29 is 14.6 Å². The third kappa shape index (κ3) is 6.32. The first kappa shape index (κ1) is 24.2. The maximum atomic E-state index is 12.6. The second kappa shape index (κ2) is 10.0. The molecule has 174 valence electrons. The number of aromatic nitrogens is 1. The molecule has 1 saturated carbocycles. The molecule has 4 unspecified atom stereocenters. The number of hydrogen-bond donors (Lipinski definition) is 2. The highest BCUT2D eigenvalue weighted by atomic mass is 16.6. The molecule has 5 nitrogen and oxygen atoms in total. The topological polar surface area (TPSA) is 71.5 Å². The summed E-state index contributed by atoms with van der Waals surface area (Å²) in [5.74, 6) is 1.24. The van der Waals surface area contributed by atoms with Crippen molar-refractivity contribution in [1.82, 2.24) is 10.3 Å². The summed E-state index contributed by atoms with van der Waals surface area (Å²) in [4.78, 5) is 17.4. The second-order valence-electron chi connectivity index (χ2n) is 10.4. The Morgan fingerprint density at radius 2 is 1.91 bits per heavy atom. The summed E-state index contributed by atoms with van der Waals surface area (Å²) >= 11 is 0. The normalized spacial score (nSPS) is 20.6. The number of nitrogens with one attached hydrogen (secondary N) is 1. The minimum absolute atomic E-state index is 0.494. The van der Waals surface area contributed by atoms with Crippen molar-refractivity contribution >= 4 is 6.09 Å². The lowest BCUT2D eigenvalue weighted by Gasteiger charge is -2.28. The molecule has 0 spiro atoms. The number of rotatable bonds is 6. The molecule has 2 aromatic rings. The van der Waals surface area contributed by atoms with E-state index in [1.165, 1.54) is 19.3 Å². The molecule has 1 fully saturated rings. The van der Waals surface area contributed by atoms with Gasteiger partial charge < -0.3 is 15.2 Å². The number of aliphatic hydroxyl groups is 1. The Hall–Kier alpha value is -2.40. The van der Waals surface area contributed by atoms with Crippen molar-refractivity contribution in [3.05, 3.63) is 64.5 Å². The zero-order valence-corrected chi connectivity index (χ0v) is 20.3. The van der Waals surface area contributed by atoms with Crippen LogP contribution in [-0.4, -0.2) is 27.8 Å². The maximum Gasteiger partial charge on any atom is 0.407 e. The van der Waals surface area contributed by atoms with E-state index >= 15 is 0 Å². The number of aryl methyl sites for hydroxylation is 2. The molecule has 1 aromatic carbocycles. The van der Waals surface area contributed by atoms with Crippen molar-refractivity contribution in [3.8, 4) is 0 Å². The molecule has 1 heterocycles. The molecule has 0 radical (unpaired) electrons. The number of alkyl carbamates (subject to hydrolysis) is 1. The molecule has 1 aliphatic rings. The Balaban J connectivity index is 1.84. The van der Waals surface area contributed by atoms with Gasteiger partial charge in [-0.2, -0.15) is 0 Å². The number of carbonyl (C=O) groups is 1. The van der Waals surface area contributed by atoms with Gasteiger partial charge in [-0.25, -0.2) is 4.79 Å². The van der Waals surface area contributed by atoms with Crippen LogP contribution in [0.15, 0.2) is 36.4 Å². The standard InChI is InChI=1S/C27H38N2O3/c1-17-11-12-21(15-17)23-14-13-22(19(3)28-23)25(30)24(29-26(31)32-27(4,5)6)16-20-10-8-7-9-18(20)2/h7-10,13-14,17,21,24-25,30H,11-12,15-16H2,1-6H3,(H,29,31). The van der Waals surface area contributed by atoms with Gasteiger partial charge in [0.15, 0.2) is 0 Å². The van der Waals surface area contributed by atoms with Crippen LogP contribution in [-0.2, 0) is 11.2 Å². The summed E-state index contributed by atoms with van der Waals surface area (Å²) < 4.78 is 5.47. The van der Waals surface area contributed by atoms with Crippen LogP contribution in [0, 0.1) is 19.8 Å². The van der Waals surface area contributed by atoms with Crippen LogP contribution < -0.4 is 5.32 Å². The highest BCUT2D eigenvalue weighted by molar-refractivity contribution is 5.68. The molecule has 4 atom stereocenters. The van der Waals surface area contributed by atoms with Crippen molar-refractivity contribution in [1.29, 1.82) is 0 Å². The summed E-state index contributed by atoms with van der Waals surface area (Å²) in [6.45, 7) is 11.8. The Bertz CT molecular complexity index is 935. The molecule has 0 saturated heterocycles. The van der Waals surface area contributed by atoms with Crippen LogP contribution in [0.4, 0.5) is 4.79 Å². The van der Waals surface area contributed by atoms with E-state index < -0.39 is 23.8 Å². The highest BCUT2D eigenvalue weighted by Crippen LogP contribution is 2.37. The van der Waals surface area contributed by atoms with Gasteiger partial charge in [-0.3, -0.25) is 4.98 Å². The molecular weight excluding hydrogens is 400 g/mol. The van der Waals surface area contributed by atoms with Crippen molar-refractivity contribution in [2.24, 2.45) is 5.92 Å². The molecule has 1 amide bonds. The molecule has 32 heavy (non-hydrogen) atoms. The lowest BCUT2D eigenvalue weighted by molar-refractivity contribution is 0.0420. The van der Waals surface area contributed by atoms with Crippen LogP contribution in [0.1, 0.15) is 87.1 Å². The second-order valence-corrected chi connectivity index (χ2v) is 10.4. The van der Waals surface area contributed by atoms with Gasteiger partial charge in [0.25, 0.3) is 0 Å². The van der Waals surface area contributed by atoms with Crippen molar-refractivity contribution in [3.63, 3.8) is 0 Å². The number of nitrogens with zero attached hydrogens (tertiary/aromatic N) is 1. The maximum absolute atomic E-state index is 12.6. The van der Waals surface area contributed by atoms with Crippen LogP contribution in [0.2, 0.25) is 0 Å². The van der Waals surface area contributed by atoms with Crippen molar-refractivity contribution in [2.75, 3.05) is 0 Å². The lowest BCUT2D eigenvalue weighted by Crippen LogP contribution is -2.43. The Kier molecular flexibility index (Phi) is 7.60. The van der Waals surface area contributed by atoms with Crippen LogP contribution >= 0.6 is 0 Å². The van der Waals surface area contributed by atoms with Crippen molar-refractivity contribution in [2.45, 2.75) is 90.9 Å². The number of carbonyl (C=O) groups excluding carboxylic acids is 1. The molecule has 1 aromatic heterocycles. The van der Waals surface area contributed by atoms with E-state index in [-0.39, 0.29) is 0 Å². The number of pyridine rings is 1. The van der Waals surface area contributed by atoms with Gasteiger partial charge in [-0.1, -0.05) is 43.7 Å². The van der Waals surface area contributed by atoms with E-state index in [2.05, 4.69) is 12.2 Å². The highest BCUT2D eigenvalue weighted by Gasteiger charge is 2.29. The zero-order chi connectivity index (χ0) is 23.5. The van der Waals surface area contributed by atoms with E-state index in [0.29, 0.717) is 12.3 Å². The van der Waals surface area contributed by atoms with Gasteiger partial charge in [0, 0.05) is 22.9 Å². The van der Waals surface area contributed by atoms with E-state index in [0.717, 1.165) is 34.0 Å². The molecule has 0 aliphatic heterocycles. The van der Waals surface area contributed by atoms with E-state index in [9.17, 15) is 9.90 Å². The summed E-state index contributed by atoms with van der Waals surface area (Å²) in [6.07, 6.45) is 2.65. The van der Waals surface area contributed by atoms with Gasteiger partial charge >= 0.3 is 6.09 Å². The first-order chi connectivity index (χ1) is 15.0. The Labute approximate surface area is 192 Å². The van der Waals surface area contributed by atoms with Crippen LogP contribution in [0.5, 0.6) is 0 Å². The third-order valence-electron chi connectivity index (χ3n) is 6.36. The molecule has 3 rings (SSSR count). The SMILES string of the molecule is Cc1ccccc1CC(NC(=O)OC(C)(C)C)C(O)c1ccc(C2CCC(C)C2)nc1C. The first-order valence-electron chi connectivity index (χ1n) is 11.7. The van der Waals surface area contributed by atoms with Gasteiger partial charge in [-0.15, -0.1) is 0 Å². The zero-order valence-electron chi connectivity index (χ0n) is 20.3. The monoisotopic (exact) mass is 438 g/mol.